The van der Waals surface area contributed by atoms with Gasteiger partial charge in [-0.3, -0.25) is 4.79 Å². The number of amides is 1. The maximum absolute atomic E-state index is 12.6. The van der Waals surface area contributed by atoms with E-state index in [4.69, 9.17) is 9.72 Å². The van der Waals surface area contributed by atoms with E-state index in [0.29, 0.717) is 5.75 Å². The van der Waals surface area contributed by atoms with E-state index >= 15 is 0 Å². The molecule has 0 saturated heterocycles. The van der Waals surface area contributed by atoms with Crippen LogP contribution in [0, 0.1) is 0 Å². The zero-order chi connectivity index (χ0) is 19.3. The van der Waals surface area contributed by atoms with Crippen molar-refractivity contribution < 1.29 is 9.53 Å². The molecule has 4 heteroatoms. The van der Waals surface area contributed by atoms with Crippen molar-refractivity contribution in [3.05, 3.63) is 91.0 Å². The Hall–Kier alpha value is -3.66. The number of hydrogen-bond donors (Lipinski definition) is 0. The van der Waals surface area contributed by atoms with Crippen LogP contribution in [-0.4, -0.2) is 24.5 Å². The minimum absolute atomic E-state index is 0.0480. The Bertz CT molecular complexity index is 1100. The molecule has 4 rings (SSSR count). The first-order valence-electron chi connectivity index (χ1n) is 9.12. The second-order valence-electron chi connectivity index (χ2n) is 6.47. The van der Waals surface area contributed by atoms with Gasteiger partial charge in [0.25, 0.3) is 5.91 Å². The van der Waals surface area contributed by atoms with E-state index in [2.05, 4.69) is 0 Å². The zero-order valence-electron chi connectivity index (χ0n) is 15.6. The number of hydrogen-bond acceptors (Lipinski definition) is 3. The molecule has 0 atom stereocenters. The molecule has 0 fully saturated rings. The number of nitrogens with zero attached hydrogens (tertiary/aromatic N) is 2. The first-order valence-corrected chi connectivity index (χ1v) is 9.12. The summed E-state index contributed by atoms with van der Waals surface area (Å²) in [5.41, 5.74) is 3.49. The van der Waals surface area contributed by atoms with E-state index < -0.39 is 0 Å². The highest BCUT2D eigenvalue weighted by Crippen LogP contribution is 2.30. The van der Waals surface area contributed by atoms with Crippen molar-refractivity contribution in [2.24, 2.45) is 0 Å². The molecule has 0 aliphatic heterocycles. The fraction of sp³-hybridized carbons (Fsp3) is 0.0833. The summed E-state index contributed by atoms with van der Waals surface area (Å²) in [6.07, 6.45) is 0. The highest BCUT2D eigenvalue weighted by Gasteiger charge is 2.14. The van der Waals surface area contributed by atoms with Crippen LogP contribution in [0.5, 0.6) is 5.75 Å². The number of aromatic nitrogens is 1. The molecule has 4 aromatic rings. The molecule has 0 unspecified atom stereocenters. The van der Waals surface area contributed by atoms with Crippen molar-refractivity contribution in [1.82, 2.24) is 4.98 Å². The van der Waals surface area contributed by atoms with Gasteiger partial charge in [0, 0.05) is 29.8 Å². The molecule has 138 valence electrons. The second-order valence-corrected chi connectivity index (χ2v) is 6.47. The summed E-state index contributed by atoms with van der Waals surface area (Å²) < 4.78 is 5.95. The van der Waals surface area contributed by atoms with Crippen molar-refractivity contribution in [2.75, 3.05) is 18.6 Å². The quantitative estimate of drug-likeness (QED) is 0.501. The molecule has 0 radical (unpaired) electrons. The van der Waals surface area contributed by atoms with Crippen molar-refractivity contribution in [1.29, 1.82) is 0 Å². The lowest BCUT2D eigenvalue weighted by molar-refractivity contribution is -0.120. The Morgan fingerprint density at radius 2 is 1.54 bits per heavy atom. The summed E-state index contributed by atoms with van der Waals surface area (Å²) in [5.74, 6) is 0.535. The molecule has 28 heavy (non-hydrogen) atoms. The van der Waals surface area contributed by atoms with Crippen LogP contribution in [0.1, 0.15) is 0 Å². The highest BCUT2D eigenvalue weighted by molar-refractivity contribution is 5.94. The fourth-order valence-electron chi connectivity index (χ4n) is 3.05. The smallest absolute Gasteiger partial charge is 0.264 e. The lowest BCUT2D eigenvalue weighted by atomic mass is 10.1. The Morgan fingerprint density at radius 1 is 0.893 bits per heavy atom. The Morgan fingerprint density at radius 3 is 2.29 bits per heavy atom. The number of para-hydroxylation sites is 2. The van der Waals surface area contributed by atoms with Crippen molar-refractivity contribution in [3.63, 3.8) is 0 Å². The summed E-state index contributed by atoms with van der Waals surface area (Å²) in [4.78, 5) is 18.9. The van der Waals surface area contributed by atoms with Gasteiger partial charge in [-0.15, -0.1) is 0 Å². The highest BCUT2D eigenvalue weighted by atomic mass is 16.5. The SMILES string of the molecule is CN(C(=O)COc1cc(-c2ccccc2)nc2ccccc12)c1ccccc1. The molecule has 1 heterocycles. The summed E-state index contributed by atoms with van der Waals surface area (Å²) in [7, 11) is 1.75. The largest absolute Gasteiger partial charge is 0.483 e. The van der Waals surface area contributed by atoms with Crippen molar-refractivity contribution in [2.45, 2.75) is 0 Å². The fourth-order valence-corrected chi connectivity index (χ4v) is 3.05. The van der Waals surface area contributed by atoms with Gasteiger partial charge >= 0.3 is 0 Å². The number of ether oxygens (including phenoxy) is 1. The Kier molecular flexibility index (Phi) is 5.02. The molecule has 0 spiro atoms. The van der Waals surface area contributed by atoms with Gasteiger partial charge in [-0.1, -0.05) is 60.7 Å². The van der Waals surface area contributed by atoms with E-state index in [1.807, 2.05) is 91.0 Å². The number of benzene rings is 3. The average molecular weight is 368 g/mol. The number of likely N-dealkylation sites (N-methyl/N-ethyl adjacent to an activating group) is 1. The van der Waals surface area contributed by atoms with Gasteiger partial charge in [0.15, 0.2) is 6.61 Å². The molecule has 1 amide bonds. The number of pyridine rings is 1. The van der Waals surface area contributed by atoms with Crippen LogP contribution < -0.4 is 9.64 Å². The maximum atomic E-state index is 12.6. The van der Waals surface area contributed by atoms with E-state index in [1.165, 1.54) is 0 Å². The van der Waals surface area contributed by atoms with Crippen LogP contribution in [0.2, 0.25) is 0 Å². The number of carbonyl (C=O) groups excluding carboxylic acids is 1. The molecular weight excluding hydrogens is 348 g/mol. The first kappa shape index (κ1) is 17.7. The predicted molar refractivity (Wildman–Crippen MR) is 113 cm³/mol. The third kappa shape index (κ3) is 3.71. The van der Waals surface area contributed by atoms with Gasteiger partial charge in [0.05, 0.1) is 11.2 Å². The second kappa shape index (κ2) is 7.92. The Labute approximate surface area is 164 Å². The third-order valence-electron chi connectivity index (χ3n) is 4.62. The number of carbonyl (C=O) groups is 1. The summed E-state index contributed by atoms with van der Waals surface area (Å²) in [5, 5.41) is 0.886. The molecule has 4 nitrogen and oxygen atoms in total. The van der Waals surface area contributed by atoms with Gasteiger partial charge in [-0.25, -0.2) is 4.98 Å². The van der Waals surface area contributed by atoms with Crippen LogP contribution in [0.25, 0.3) is 22.2 Å². The van der Waals surface area contributed by atoms with Crippen LogP contribution in [-0.2, 0) is 4.79 Å². The normalized spacial score (nSPS) is 10.6. The van der Waals surface area contributed by atoms with E-state index in [0.717, 1.165) is 27.8 Å². The monoisotopic (exact) mass is 368 g/mol. The van der Waals surface area contributed by atoms with E-state index in [-0.39, 0.29) is 12.5 Å². The van der Waals surface area contributed by atoms with Gasteiger partial charge in [0.2, 0.25) is 0 Å². The van der Waals surface area contributed by atoms with Crippen molar-refractivity contribution in [3.8, 4) is 17.0 Å². The lowest BCUT2D eigenvalue weighted by Crippen LogP contribution is -2.31. The van der Waals surface area contributed by atoms with Crippen LogP contribution in [0.3, 0.4) is 0 Å². The molecule has 0 saturated carbocycles. The first-order chi connectivity index (χ1) is 13.7. The molecule has 0 bridgehead atoms. The standard InChI is InChI=1S/C24H20N2O2/c1-26(19-12-6-3-7-13-19)24(27)17-28-23-16-22(18-10-4-2-5-11-18)25-21-15-9-8-14-20(21)23/h2-16H,17H2,1H3. The molecule has 3 aromatic carbocycles. The van der Waals surface area contributed by atoms with Crippen LogP contribution in [0.15, 0.2) is 91.0 Å². The topological polar surface area (TPSA) is 42.4 Å². The van der Waals surface area contributed by atoms with Gasteiger partial charge in [0.1, 0.15) is 5.75 Å². The van der Waals surface area contributed by atoms with E-state index in [9.17, 15) is 4.79 Å². The molecular formula is C24H20N2O2. The summed E-state index contributed by atoms with van der Waals surface area (Å²) in [6.45, 7) is -0.0480. The number of anilines is 1. The number of fused-ring (bicyclic) bond motifs is 1. The summed E-state index contributed by atoms with van der Waals surface area (Å²) >= 11 is 0. The molecule has 0 N–H and O–H groups in total. The Balaban J connectivity index is 1.62. The lowest BCUT2D eigenvalue weighted by Gasteiger charge is -2.18. The van der Waals surface area contributed by atoms with Crippen LogP contribution in [0.4, 0.5) is 5.69 Å². The van der Waals surface area contributed by atoms with Gasteiger partial charge in [-0.2, -0.15) is 0 Å². The third-order valence-corrected chi connectivity index (χ3v) is 4.62. The maximum Gasteiger partial charge on any atom is 0.264 e. The average Bonchev–Trinajstić information content (AvgIpc) is 2.77. The van der Waals surface area contributed by atoms with Crippen molar-refractivity contribution >= 4 is 22.5 Å². The summed E-state index contributed by atoms with van der Waals surface area (Å²) in [6, 6.07) is 29.2. The van der Waals surface area contributed by atoms with E-state index in [1.54, 1.807) is 11.9 Å². The molecule has 0 aliphatic rings. The number of rotatable bonds is 5. The van der Waals surface area contributed by atoms with Gasteiger partial charge < -0.3 is 9.64 Å². The molecule has 0 aliphatic carbocycles. The van der Waals surface area contributed by atoms with Crippen LogP contribution >= 0.6 is 0 Å². The van der Waals surface area contributed by atoms with Gasteiger partial charge in [-0.05, 0) is 24.3 Å². The minimum atomic E-state index is -0.117. The molecule has 1 aromatic heterocycles. The predicted octanol–water partition coefficient (Wildman–Crippen LogP) is 4.94. The minimum Gasteiger partial charge on any atom is -0.483 e. The zero-order valence-corrected chi connectivity index (χ0v) is 15.6.